The second-order valence-corrected chi connectivity index (χ2v) is 8.36. The van der Waals surface area contributed by atoms with Gasteiger partial charge in [-0.05, 0) is 38.5 Å². The molecule has 34 heavy (non-hydrogen) atoms. The number of primary amides is 1. The molecular formula is C22H27F2N5O5. The van der Waals surface area contributed by atoms with E-state index in [4.69, 9.17) is 15.2 Å². The van der Waals surface area contributed by atoms with E-state index in [1.165, 1.54) is 30.0 Å². The first-order valence-corrected chi connectivity index (χ1v) is 10.2. The number of nitrogens with zero attached hydrogens (tertiary/aromatic N) is 4. The van der Waals surface area contributed by atoms with Gasteiger partial charge in [-0.2, -0.15) is 13.9 Å². The van der Waals surface area contributed by atoms with Gasteiger partial charge in [0.2, 0.25) is 0 Å². The maximum absolute atomic E-state index is 13.0. The van der Waals surface area contributed by atoms with Crippen molar-refractivity contribution in [3.63, 3.8) is 0 Å². The summed E-state index contributed by atoms with van der Waals surface area (Å²) in [5.74, 6) is -0.607. The first kappa shape index (κ1) is 25.0. The standard InChI is InChI=1S/C22H27F2N5O5/c1-11(22(2,3)31)33-16-10-29-19(27-20(16)28(4)5)13(9-26-29)12-7-14(32-6)17(18(25)30)15(8-12)34-21(23)24/h7-11,21,31H,1-6H3,(H2,25,30). The zero-order valence-corrected chi connectivity index (χ0v) is 19.7. The lowest BCUT2D eigenvalue weighted by molar-refractivity contribution is -0.0502. The lowest BCUT2D eigenvalue weighted by Gasteiger charge is -2.28. The van der Waals surface area contributed by atoms with Crippen LogP contribution in [0.5, 0.6) is 17.2 Å². The topological polar surface area (TPSA) is 124 Å². The molecule has 0 saturated carbocycles. The molecule has 0 aliphatic rings. The number of hydrogen-bond donors (Lipinski definition) is 2. The van der Waals surface area contributed by atoms with Gasteiger partial charge in [0.25, 0.3) is 5.91 Å². The normalized spacial score (nSPS) is 12.6. The number of anilines is 1. The quantitative estimate of drug-likeness (QED) is 0.480. The maximum atomic E-state index is 13.0. The van der Waals surface area contributed by atoms with Crippen LogP contribution in [0.1, 0.15) is 31.1 Å². The van der Waals surface area contributed by atoms with E-state index < -0.39 is 30.0 Å². The number of rotatable bonds is 9. The minimum atomic E-state index is -3.18. The Labute approximate surface area is 194 Å². The third kappa shape index (κ3) is 4.96. The average Bonchev–Trinajstić information content (AvgIpc) is 3.13. The van der Waals surface area contributed by atoms with Crippen molar-refractivity contribution in [2.24, 2.45) is 5.73 Å². The smallest absolute Gasteiger partial charge is 0.387 e. The Morgan fingerprint density at radius 1 is 1.21 bits per heavy atom. The molecule has 0 radical (unpaired) electrons. The summed E-state index contributed by atoms with van der Waals surface area (Å²) in [5.41, 5.74) is 5.15. The first-order chi connectivity index (χ1) is 15.8. The predicted molar refractivity (Wildman–Crippen MR) is 121 cm³/mol. The number of benzene rings is 1. The second kappa shape index (κ2) is 9.29. The highest BCUT2D eigenvalue weighted by atomic mass is 19.3. The van der Waals surface area contributed by atoms with Crippen LogP contribution < -0.4 is 24.8 Å². The summed E-state index contributed by atoms with van der Waals surface area (Å²) in [6, 6.07) is 2.72. The molecule has 10 nitrogen and oxygen atoms in total. The van der Waals surface area contributed by atoms with Crippen molar-refractivity contribution in [2.45, 2.75) is 39.1 Å². The molecule has 2 aromatic heterocycles. The molecule has 0 bridgehead atoms. The number of halogens is 2. The van der Waals surface area contributed by atoms with Gasteiger partial charge in [0.1, 0.15) is 23.2 Å². The summed E-state index contributed by atoms with van der Waals surface area (Å²) in [7, 11) is 4.83. The van der Waals surface area contributed by atoms with E-state index >= 15 is 0 Å². The molecule has 1 amide bonds. The van der Waals surface area contributed by atoms with Gasteiger partial charge in [-0.3, -0.25) is 4.79 Å². The molecule has 2 heterocycles. The fourth-order valence-corrected chi connectivity index (χ4v) is 3.17. The summed E-state index contributed by atoms with van der Waals surface area (Å²) in [6.45, 7) is 1.81. The highest BCUT2D eigenvalue weighted by Crippen LogP contribution is 2.38. The van der Waals surface area contributed by atoms with Gasteiger partial charge in [0.15, 0.2) is 17.2 Å². The predicted octanol–water partition coefficient (Wildman–Crippen LogP) is 2.71. The van der Waals surface area contributed by atoms with Gasteiger partial charge >= 0.3 is 6.61 Å². The van der Waals surface area contributed by atoms with E-state index in [1.807, 2.05) is 0 Å². The van der Waals surface area contributed by atoms with E-state index in [-0.39, 0.29) is 11.3 Å². The van der Waals surface area contributed by atoms with E-state index in [1.54, 1.807) is 46.0 Å². The van der Waals surface area contributed by atoms with Crippen LogP contribution in [0.4, 0.5) is 14.6 Å². The summed E-state index contributed by atoms with van der Waals surface area (Å²) < 4.78 is 43.2. The maximum Gasteiger partial charge on any atom is 0.387 e. The molecule has 3 aromatic rings. The van der Waals surface area contributed by atoms with Crippen molar-refractivity contribution >= 4 is 17.4 Å². The fraction of sp³-hybridized carbons (Fsp3) is 0.409. The third-order valence-electron chi connectivity index (χ3n) is 5.22. The molecule has 0 fully saturated rings. The van der Waals surface area contributed by atoms with Crippen LogP contribution in [0.2, 0.25) is 0 Å². The van der Waals surface area contributed by atoms with E-state index in [9.17, 15) is 18.7 Å². The lowest BCUT2D eigenvalue weighted by atomic mass is 10.0. The van der Waals surface area contributed by atoms with Gasteiger partial charge in [0, 0.05) is 19.7 Å². The van der Waals surface area contributed by atoms with Crippen LogP contribution in [-0.2, 0) is 0 Å². The zero-order chi connectivity index (χ0) is 25.4. The molecular weight excluding hydrogens is 452 g/mol. The minimum Gasteiger partial charge on any atom is -0.496 e. The van der Waals surface area contributed by atoms with Crippen molar-refractivity contribution in [1.82, 2.24) is 14.6 Å². The number of carbonyl (C=O) groups excluding carboxylic acids is 1. The van der Waals surface area contributed by atoms with Crippen molar-refractivity contribution in [3.8, 4) is 28.4 Å². The third-order valence-corrected chi connectivity index (χ3v) is 5.22. The van der Waals surface area contributed by atoms with Gasteiger partial charge in [-0.1, -0.05) is 0 Å². The highest BCUT2D eigenvalue weighted by Gasteiger charge is 2.27. The van der Waals surface area contributed by atoms with Crippen molar-refractivity contribution in [3.05, 3.63) is 30.1 Å². The number of aliphatic hydroxyl groups is 1. The number of carbonyl (C=O) groups is 1. The van der Waals surface area contributed by atoms with Crippen LogP contribution in [0.3, 0.4) is 0 Å². The number of methoxy groups -OCH3 is 1. The fourth-order valence-electron chi connectivity index (χ4n) is 3.17. The summed E-state index contributed by atoms with van der Waals surface area (Å²) >= 11 is 0. The summed E-state index contributed by atoms with van der Waals surface area (Å²) in [6.07, 6.45) is 2.53. The van der Waals surface area contributed by atoms with Crippen molar-refractivity contribution in [1.29, 1.82) is 0 Å². The summed E-state index contributed by atoms with van der Waals surface area (Å²) in [5, 5.41) is 14.6. The molecule has 0 aliphatic carbocycles. The van der Waals surface area contributed by atoms with Gasteiger partial charge < -0.3 is 30.0 Å². The Morgan fingerprint density at radius 2 is 1.85 bits per heavy atom. The Bertz CT molecular complexity index is 1210. The van der Waals surface area contributed by atoms with Gasteiger partial charge in [0.05, 0.1) is 25.1 Å². The van der Waals surface area contributed by atoms with Crippen molar-refractivity contribution < 1.29 is 32.9 Å². The van der Waals surface area contributed by atoms with Gasteiger partial charge in [-0.15, -0.1) is 0 Å². The van der Waals surface area contributed by atoms with E-state index in [0.717, 1.165) is 0 Å². The Balaban J connectivity index is 2.19. The van der Waals surface area contributed by atoms with E-state index in [2.05, 4.69) is 14.8 Å². The van der Waals surface area contributed by atoms with Crippen molar-refractivity contribution in [2.75, 3.05) is 26.1 Å². The molecule has 0 aliphatic heterocycles. The van der Waals surface area contributed by atoms with Gasteiger partial charge in [-0.25, -0.2) is 9.50 Å². The Kier molecular flexibility index (Phi) is 6.82. The number of alkyl halides is 2. The minimum absolute atomic E-state index is 0.0354. The lowest BCUT2D eigenvalue weighted by Crippen LogP contribution is -2.38. The average molecular weight is 479 g/mol. The number of ether oxygens (including phenoxy) is 3. The molecule has 1 aromatic carbocycles. The monoisotopic (exact) mass is 479 g/mol. The second-order valence-electron chi connectivity index (χ2n) is 8.36. The molecule has 1 atom stereocenters. The molecule has 12 heteroatoms. The largest absolute Gasteiger partial charge is 0.496 e. The number of amides is 1. The van der Waals surface area contributed by atoms with E-state index in [0.29, 0.717) is 28.3 Å². The number of aromatic nitrogens is 3. The number of fused-ring (bicyclic) bond motifs is 1. The summed E-state index contributed by atoms with van der Waals surface area (Å²) in [4.78, 5) is 18.2. The molecule has 3 rings (SSSR count). The molecule has 0 saturated heterocycles. The van der Waals surface area contributed by atoms with Crippen LogP contribution in [-0.4, -0.2) is 65.1 Å². The van der Waals surface area contributed by atoms with Crippen LogP contribution in [0.15, 0.2) is 24.5 Å². The molecule has 184 valence electrons. The SMILES string of the molecule is COc1cc(-c2cnn3cc(OC(C)C(C)(C)O)c(N(C)C)nc23)cc(OC(F)F)c1C(N)=O. The van der Waals surface area contributed by atoms with Crippen LogP contribution in [0.25, 0.3) is 16.8 Å². The highest BCUT2D eigenvalue weighted by molar-refractivity contribution is 6.00. The molecule has 0 spiro atoms. The Morgan fingerprint density at radius 3 is 2.38 bits per heavy atom. The Hall–Kier alpha value is -3.67. The molecule has 1 unspecified atom stereocenters. The van der Waals surface area contributed by atoms with Crippen LogP contribution in [0, 0.1) is 0 Å². The first-order valence-electron chi connectivity index (χ1n) is 10.2. The number of nitrogens with two attached hydrogens (primary N) is 1. The zero-order valence-electron chi connectivity index (χ0n) is 19.7. The molecule has 3 N–H and O–H groups in total. The van der Waals surface area contributed by atoms with Crippen LogP contribution >= 0.6 is 0 Å². The number of hydrogen-bond acceptors (Lipinski definition) is 8.